The summed E-state index contributed by atoms with van der Waals surface area (Å²) in [6.07, 6.45) is 5.11. The van der Waals surface area contributed by atoms with Crippen molar-refractivity contribution in [1.29, 1.82) is 0 Å². The summed E-state index contributed by atoms with van der Waals surface area (Å²) in [5, 5.41) is 10.9. The van der Waals surface area contributed by atoms with Gasteiger partial charge in [-0.1, -0.05) is 48.2 Å². The van der Waals surface area contributed by atoms with Crippen LogP contribution in [0.4, 0.5) is 0 Å². The minimum Gasteiger partial charge on any atom is -0.350 e. The molecule has 5 nitrogen and oxygen atoms in total. The van der Waals surface area contributed by atoms with Crippen LogP contribution >= 0.6 is 24.2 Å². The predicted octanol–water partition coefficient (Wildman–Crippen LogP) is 3.85. The number of hydrogen-bond donors (Lipinski definition) is 2. The van der Waals surface area contributed by atoms with Crippen LogP contribution in [0.2, 0.25) is 0 Å². The Balaban J connectivity index is 0.00000240. The molecule has 1 saturated heterocycles. The topological polar surface area (TPSA) is 59.0 Å². The van der Waals surface area contributed by atoms with Gasteiger partial charge >= 0.3 is 0 Å². The van der Waals surface area contributed by atoms with Gasteiger partial charge in [0.25, 0.3) is 0 Å². The molecule has 2 N–H and O–H groups in total. The molecule has 4 rings (SSSR count). The second-order valence-electron chi connectivity index (χ2n) is 6.94. The SMILES string of the molecule is Cl.O=C(NCc1ccccc1Sc1ccccc1)C1(n2cccn2)CCNCC1. The summed E-state index contributed by atoms with van der Waals surface area (Å²) in [6.45, 7) is 2.13. The minimum absolute atomic E-state index is 0. The van der Waals surface area contributed by atoms with Crippen molar-refractivity contribution in [2.24, 2.45) is 0 Å². The number of carbonyl (C=O) groups excluding carboxylic acids is 1. The number of nitrogens with zero attached hydrogens (tertiary/aromatic N) is 2. The van der Waals surface area contributed by atoms with Gasteiger partial charge in [-0.25, -0.2) is 0 Å². The second kappa shape index (κ2) is 9.96. The number of halogens is 1. The van der Waals surface area contributed by atoms with Gasteiger partial charge < -0.3 is 10.6 Å². The molecule has 0 unspecified atom stereocenters. The van der Waals surface area contributed by atoms with E-state index < -0.39 is 5.54 Å². The second-order valence-corrected chi connectivity index (χ2v) is 8.05. The van der Waals surface area contributed by atoms with E-state index in [9.17, 15) is 4.79 Å². The summed E-state index contributed by atoms with van der Waals surface area (Å²) in [6, 6.07) is 20.4. The molecule has 1 aliphatic heterocycles. The van der Waals surface area contributed by atoms with Crippen molar-refractivity contribution in [3.63, 3.8) is 0 Å². The summed E-state index contributed by atoms with van der Waals surface area (Å²) < 4.78 is 1.83. The Kier molecular flexibility index (Phi) is 7.36. The highest BCUT2D eigenvalue weighted by molar-refractivity contribution is 7.99. The molecule has 29 heavy (non-hydrogen) atoms. The zero-order chi connectivity index (χ0) is 19.2. The third-order valence-electron chi connectivity index (χ3n) is 5.18. The minimum atomic E-state index is -0.615. The van der Waals surface area contributed by atoms with E-state index in [1.807, 2.05) is 47.3 Å². The van der Waals surface area contributed by atoms with Gasteiger partial charge in [-0.15, -0.1) is 12.4 Å². The molecule has 1 aliphatic rings. The highest BCUT2D eigenvalue weighted by atomic mass is 35.5. The van der Waals surface area contributed by atoms with Crippen molar-refractivity contribution in [3.05, 3.63) is 78.6 Å². The van der Waals surface area contributed by atoms with Gasteiger partial charge in [-0.2, -0.15) is 5.10 Å². The van der Waals surface area contributed by atoms with Gasteiger partial charge in [0.1, 0.15) is 5.54 Å². The highest BCUT2D eigenvalue weighted by Gasteiger charge is 2.41. The maximum absolute atomic E-state index is 13.3. The number of carbonyl (C=O) groups is 1. The van der Waals surface area contributed by atoms with Crippen LogP contribution < -0.4 is 10.6 Å². The van der Waals surface area contributed by atoms with E-state index in [0.717, 1.165) is 36.4 Å². The average molecular weight is 429 g/mol. The number of aromatic nitrogens is 2. The summed E-state index contributed by atoms with van der Waals surface area (Å²) in [5.41, 5.74) is 0.505. The fraction of sp³-hybridized carbons (Fsp3) is 0.273. The van der Waals surface area contributed by atoms with E-state index >= 15 is 0 Å². The molecular formula is C22H25ClN4OS. The molecule has 2 heterocycles. The Bertz CT molecular complexity index is 912. The van der Waals surface area contributed by atoms with E-state index in [0.29, 0.717) is 6.54 Å². The molecule has 0 spiro atoms. The van der Waals surface area contributed by atoms with E-state index in [-0.39, 0.29) is 18.3 Å². The summed E-state index contributed by atoms with van der Waals surface area (Å²) in [5.74, 6) is 0.0391. The molecule has 1 fully saturated rings. The molecule has 2 aromatic carbocycles. The Morgan fingerprint density at radius 3 is 2.52 bits per heavy atom. The third kappa shape index (κ3) is 4.83. The molecule has 7 heteroatoms. The van der Waals surface area contributed by atoms with Crippen molar-refractivity contribution in [1.82, 2.24) is 20.4 Å². The van der Waals surface area contributed by atoms with Crippen LogP contribution in [-0.2, 0) is 16.9 Å². The van der Waals surface area contributed by atoms with Gasteiger partial charge in [0, 0.05) is 28.7 Å². The lowest BCUT2D eigenvalue weighted by molar-refractivity contribution is -0.132. The zero-order valence-corrected chi connectivity index (χ0v) is 17.7. The first-order chi connectivity index (χ1) is 13.8. The third-order valence-corrected chi connectivity index (χ3v) is 6.31. The first-order valence-corrected chi connectivity index (χ1v) is 10.4. The average Bonchev–Trinajstić information content (AvgIpc) is 3.30. The standard InChI is InChI=1S/C22H24N4OS.ClH/c27-21(22(11-14-23-15-12-22)26-16-6-13-25-26)24-17-18-7-4-5-10-20(18)28-19-8-2-1-3-9-19;/h1-10,13,16,23H,11-12,14-15,17H2,(H,24,27);1H. The lowest BCUT2D eigenvalue weighted by atomic mass is 9.87. The zero-order valence-electron chi connectivity index (χ0n) is 16.1. The van der Waals surface area contributed by atoms with Gasteiger partial charge in [0.2, 0.25) is 5.91 Å². The van der Waals surface area contributed by atoms with Crippen molar-refractivity contribution in [3.8, 4) is 0 Å². The van der Waals surface area contributed by atoms with Gasteiger partial charge in [0.05, 0.1) is 0 Å². The summed E-state index contributed by atoms with van der Waals surface area (Å²) in [4.78, 5) is 15.6. The number of nitrogens with one attached hydrogen (secondary N) is 2. The molecular weight excluding hydrogens is 404 g/mol. The van der Waals surface area contributed by atoms with Crippen molar-refractivity contribution >= 4 is 30.1 Å². The number of benzene rings is 2. The maximum atomic E-state index is 13.3. The van der Waals surface area contributed by atoms with Crippen LogP contribution in [-0.4, -0.2) is 28.8 Å². The Labute approximate surface area is 181 Å². The van der Waals surface area contributed by atoms with Crippen LogP contribution in [0.3, 0.4) is 0 Å². The Hall–Kier alpha value is -2.28. The molecule has 0 aliphatic carbocycles. The number of piperidine rings is 1. The first-order valence-electron chi connectivity index (χ1n) is 9.58. The molecule has 0 radical (unpaired) electrons. The molecule has 0 bridgehead atoms. The van der Waals surface area contributed by atoms with E-state index in [1.165, 1.54) is 4.90 Å². The molecule has 3 aromatic rings. The van der Waals surface area contributed by atoms with Crippen molar-refractivity contribution < 1.29 is 4.79 Å². The van der Waals surface area contributed by atoms with Crippen molar-refractivity contribution in [2.45, 2.75) is 34.7 Å². The summed E-state index contributed by atoms with van der Waals surface area (Å²) >= 11 is 1.72. The monoisotopic (exact) mass is 428 g/mol. The van der Waals surface area contributed by atoms with Gasteiger partial charge in [-0.05, 0) is 55.8 Å². The lowest BCUT2D eigenvalue weighted by Gasteiger charge is -2.36. The molecule has 1 aromatic heterocycles. The van der Waals surface area contributed by atoms with Gasteiger partial charge in [0.15, 0.2) is 0 Å². The highest BCUT2D eigenvalue weighted by Crippen LogP contribution is 2.31. The largest absolute Gasteiger partial charge is 0.350 e. The maximum Gasteiger partial charge on any atom is 0.248 e. The van der Waals surface area contributed by atoms with Gasteiger partial charge in [-0.3, -0.25) is 9.48 Å². The Morgan fingerprint density at radius 2 is 1.79 bits per heavy atom. The fourth-order valence-corrected chi connectivity index (χ4v) is 4.59. The van der Waals surface area contributed by atoms with Crippen LogP contribution in [0.1, 0.15) is 18.4 Å². The molecule has 152 valence electrons. The van der Waals surface area contributed by atoms with Crippen LogP contribution in [0, 0.1) is 0 Å². The number of rotatable bonds is 6. The molecule has 0 atom stereocenters. The van der Waals surface area contributed by atoms with E-state index in [1.54, 1.807) is 18.0 Å². The predicted molar refractivity (Wildman–Crippen MR) is 118 cm³/mol. The quantitative estimate of drug-likeness (QED) is 0.626. The first kappa shape index (κ1) is 21.4. The van der Waals surface area contributed by atoms with E-state index in [4.69, 9.17) is 0 Å². The summed E-state index contributed by atoms with van der Waals surface area (Å²) in [7, 11) is 0. The molecule has 1 amide bonds. The number of amides is 1. The number of hydrogen-bond acceptors (Lipinski definition) is 4. The fourth-order valence-electron chi connectivity index (χ4n) is 3.63. The van der Waals surface area contributed by atoms with Crippen molar-refractivity contribution in [2.75, 3.05) is 13.1 Å². The molecule has 0 saturated carbocycles. The van der Waals surface area contributed by atoms with Crippen LogP contribution in [0.5, 0.6) is 0 Å². The normalized spacial score (nSPS) is 15.3. The Morgan fingerprint density at radius 1 is 1.07 bits per heavy atom. The smallest absolute Gasteiger partial charge is 0.248 e. The van der Waals surface area contributed by atoms with E-state index in [2.05, 4.69) is 40.0 Å². The van der Waals surface area contributed by atoms with Crippen LogP contribution in [0.15, 0.2) is 82.8 Å². The van der Waals surface area contributed by atoms with Crippen LogP contribution in [0.25, 0.3) is 0 Å². The lowest BCUT2D eigenvalue weighted by Crippen LogP contribution is -2.54.